The van der Waals surface area contributed by atoms with Crippen LogP contribution in [0.1, 0.15) is 10.4 Å². The number of benzene rings is 1. The number of hydrogen-bond donors (Lipinski definition) is 1. The quantitative estimate of drug-likeness (QED) is 0.476. The van der Waals surface area contributed by atoms with Crippen LogP contribution in [0.25, 0.3) is 0 Å². The summed E-state index contributed by atoms with van der Waals surface area (Å²) in [6.07, 6.45) is -3.50. The second-order valence-electron chi connectivity index (χ2n) is 4.53. The Morgan fingerprint density at radius 2 is 2.00 bits per heavy atom. The molecule has 5 nitrogen and oxygen atoms in total. The van der Waals surface area contributed by atoms with Crippen molar-refractivity contribution in [2.24, 2.45) is 0 Å². The highest BCUT2D eigenvalue weighted by Crippen LogP contribution is 2.33. The van der Waals surface area contributed by atoms with Crippen molar-refractivity contribution in [1.29, 1.82) is 0 Å². The van der Waals surface area contributed by atoms with Crippen molar-refractivity contribution in [3.05, 3.63) is 44.4 Å². The largest absolute Gasteiger partial charge is 0.478 e. The first-order valence-corrected chi connectivity index (χ1v) is 7.78. The molecule has 0 fully saturated rings. The number of carboxylic acid groups (broad SMARTS) is 1. The number of pyridine rings is 1. The lowest BCUT2D eigenvalue weighted by Crippen LogP contribution is -2.19. The standard InChI is InChI=1S/C14H7ClF4INO4/c15-8-1-6(4-21-12(8)24-5-14(17,18)19)25-11-3-9(16)7(13(22)23)2-10(11)20/h1-4H,5H2,(H,22,23). The van der Waals surface area contributed by atoms with Crippen LogP contribution in [-0.2, 0) is 0 Å². The van der Waals surface area contributed by atoms with Crippen LogP contribution in [0.3, 0.4) is 0 Å². The third-order valence-corrected chi connectivity index (χ3v) is 3.75. The highest BCUT2D eigenvalue weighted by atomic mass is 127. The van der Waals surface area contributed by atoms with E-state index in [1.54, 1.807) is 22.6 Å². The molecule has 1 heterocycles. The minimum atomic E-state index is -4.54. The Labute approximate surface area is 156 Å². The zero-order valence-electron chi connectivity index (χ0n) is 11.9. The van der Waals surface area contributed by atoms with Crippen molar-refractivity contribution >= 4 is 40.2 Å². The van der Waals surface area contributed by atoms with E-state index in [0.29, 0.717) is 3.57 Å². The van der Waals surface area contributed by atoms with Crippen LogP contribution in [0.2, 0.25) is 5.02 Å². The van der Waals surface area contributed by atoms with Crippen LogP contribution in [0.5, 0.6) is 17.4 Å². The van der Waals surface area contributed by atoms with Gasteiger partial charge in [0, 0.05) is 12.1 Å². The van der Waals surface area contributed by atoms with Crippen molar-refractivity contribution in [3.8, 4) is 17.4 Å². The zero-order valence-corrected chi connectivity index (χ0v) is 14.8. The zero-order chi connectivity index (χ0) is 18.8. The van der Waals surface area contributed by atoms with Crippen LogP contribution >= 0.6 is 34.2 Å². The molecule has 0 bridgehead atoms. The molecule has 0 atom stereocenters. The van der Waals surface area contributed by atoms with Crippen LogP contribution in [0.15, 0.2) is 24.4 Å². The fourth-order valence-corrected chi connectivity index (χ4v) is 2.41. The molecule has 0 amide bonds. The Bertz CT molecular complexity index is 816. The minimum Gasteiger partial charge on any atom is -0.478 e. The predicted molar refractivity (Wildman–Crippen MR) is 86.9 cm³/mol. The summed E-state index contributed by atoms with van der Waals surface area (Å²) in [5.41, 5.74) is -0.524. The van der Waals surface area contributed by atoms with Crippen LogP contribution in [0, 0.1) is 9.39 Å². The summed E-state index contributed by atoms with van der Waals surface area (Å²) in [5, 5.41) is 8.60. The average molecular weight is 492 g/mol. The van der Waals surface area contributed by atoms with Gasteiger partial charge in [0.25, 0.3) is 0 Å². The Kier molecular flexibility index (Phi) is 5.93. The number of carboxylic acids is 1. The Morgan fingerprint density at radius 3 is 2.56 bits per heavy atom. The van der Waals surface area contributed by atoms with Gasteiger partial charge in [0.1, 0.15) is 22.3 Å². The second kappa shape index (κ2) is 7.60. The van der Waals surface area contributed by atoms with Gasteiger partial charge in [0.2, 0.25) is 5.88 Å². The van der Waals surface area contributed by atoms with Crippen LogP contribution in [0.4, 0.5) is 17.6 Å². The van der Waals surface area contributed by atoms with Gasteiger partial charge in [-0.3, -0.25) is 0 Å². The van der Waals surface area contributed by atoms with Gasteiger partial charge >= 0.3 is 12.1 Å². The van der Waals surface area contributed by atoms with E-state index in [-0.39, 0.29) is 16.5 Å². The van der Waals surface area contributed by atoms with E-state index in [2.05, 4.69) is 9.72 Å². The molecule has 134 valence electrons. The van der Waals surface area contributed by atoms with Crippen molar-refractivity contribution in [2.75, 3.05) is 6.61 Å². The summed E-state index contributed by atoms with van der Waals surface area (Å²) < 4.78 is 60.1. The van der Waals surface area contributed by atoms with E-state index in [1.165, 1.54) is 0 Å². The van der Waals surface area contributed by atoms with Gasteiger partial charge in [-0.05, 0) is 28.7 Å². The lowest BCUT2D eigenvalue weighted by Gasteiger charge is -2.12. The van der Waals surface area contributed by atoms with Crippen molar-refractivity contribution in [2.45, 2.75) is 6.18 Å². The summed E-state index contributed by atoms with van der Waals surface area (Å²) in [4.78, 5) is 14.5. The summed E-state index contributed by atoms with van der Waals surface area (Å²) in [7, 11) is 0. The molecule has 0 spiro atoms. The van der Waals surface area contributed by atoms with Crippen LogP contribution < -0.4 is 9.47 Å². The SMILES string of the molecule is O=C(O)c1cc(I)c(Oc2cnc(OCC(F)(F)F)c(Cl)c2)cc1F. The number of alkyl halides is 3. The molecule has 1 aromatic carbocycles. The number of rotatable bonds is 5. The molecule has 11 heteroatoms. The van der Waals surface area contributed by atoms with E-state index in [9.17, 15) is 22.4 Å². The van der Waals surface area contributed by atoms with Gasteiger partial charge in [-0.25, -0.2) is 14.2 Å². The lowest BCUT2D eigenvalue weighted by molar-refractivity contribution is -0.154. The molecule has 0 aliphatic rings. The third kappa shape index (κ3) is 5.33. The first-order chi connectivity index (χ1) is 11.6. The Hall–Kier alpha value is -1.82. The van der Waals surface area contributed by atoms with Crippen molar-refractivity contribution < 1.29 is 36.9 Å². The maximum Gasteiger partial charge on any atom is 0.422 e. The Balaban J connectivity index is 2.20. The fourth-order valence-electron chi connectivity index (χ4n) is 1.62. The molecule has 2 aromatic rings. The number of ether oxygens (including phenoxy) is 2. The van der Waals surface area contributed by atoms with Gasteiger partial charge in [-0.1, -0.05) is 11.6 Å². The minimum absolute atomic E-state index is 0.00440. The number of nitrogens with zero attached hydrogens (tertiary/aromatic N) is 1. The summed E-state index contributed by atoms with van der Waals surface area (Å²) >= 11 is 7.52. The van der Waals surface area contributed by atoms with E-state index in [0.717, 1.165) is 24.4 Å². The average Bonchev–Trinajstić information content (AvgIpc) is 2.48. The normalized spacial score (nSPS) is 11.3. The van der Waals surface area contributed by atoms with Crippen molar-refractivity contribution in [3.63, 3.8) is 0 Å². The van der Waals surface area contributed by atoms with E-state index >= 15 is 0 Å². The molecule has 1 aromatic heterocycles. The first kappa shape index (κ1) is 19.5. The maximum absolute atomic E-state index is 13.7. The molecular weight excluding hydrogens is 485 g/mol. The summed E-state index contributed by atoms with van der Waals surface area (Å²) in [6.45, 7) is -1.56. The van der Waals surface area contributed by atoms with Gasteiger partial charge in [-0.2, -0.15) is 13.2 Å². The van der Waals surface area contributed by atoms with E-state index in [1.807, 2.05) is 0 Å². The second-order valence-corrected chi connectivity index (χ2v) is 6.10. The smallest absolute Gasteiger partial charge is 0.422 e. The van der Waals surface area contributed by atoms with Crippen molar-refractivity contribution in [1.82, 2.24) is 4.98 Å². The number of aromatic nitrogens is 1. The van der Waals surface area contributed by atoms with Gasteiger partial charge in [0.15, 0.2) is 6.61 Å². The van der Waals surface area contributed by atoms with Gasteiger partial charge < -0.3 is 14.6 Å². The molecule has 2 rings (SSSR count). The molecule has 0 saturated carbocycles. The van der Waals surface area contributed by atoms with Gasteiger partial charge in [0.05, 0.1) is 15.3 Å². The monoisotopic (exact) mass is 491 g/mol. The molecule has 0 aliphatic carbocycles. The first-order valence-electron chi connectivity index (χ1n) is 6.32. The summed E-state index contributed by atoms with van der Waals surface area (Å²) in [5.74, 6) is -2.88. The molecular formula is C14H7ClF4INO4. The summed E-state index contributed by atoms with van der Waals surface area (Å²) in [6, 6.07) is 3.08. The molecule has 0 radical (unpaired) electrons. The predicted octanol–water partition coefficient (Wildman–Crippen LogP) is 4.91. The van der Waals surface area contributed by atoms with Gasteiger partial charge in [-0.15, -0.1) is 0 Å². The highest BCUT2D eigenvalue weighted by Gasteiger charge is 2.29. The lowest BCUT2D eigenvalue weighted by atomic mass is 10.2. The third-order valence-electron chi connectivity index (χ3n) is 2.63. The fraction of sp³-hybridized carbons (Fsp3) is 0.143. The topological polar surface area (TPSA) is 68.7 Å². The molecule has 0 aliphatic heterocycles. The van der Waals surface area contributed by atoms with E-state index in [4.69, 9.17) is 21.4 Å². The van der Waals surface area contributed by atoms with E-state index < -0.39 is 36.0 Å². The molecule has 0 saturated heterocycles. The van der Waals surface area contributed by atoms with Crippen LogP contribution in [-0.4, -0.2) is 28.8 Å². The maximum atomic E-state index is 13.7. The molecule has 25 heavy (non-hydrogen) atoms. The molecule has 0 unspecified atom stereocenters. The Morgan fingerprint density at radius 1 is 1.32 bits per heavy atom. The number of carbonyl (C=O) groups is 1. The number of halogens is 6. The number of aromatic carboxylic acids is 1. The number of hydrogen-bond acceptors (Lipinski definition) is 4. The highest BCUT2D eigenvalue weighted by molar-refractivity contribution is 14.1. The molecule has 1 N–H and O–H groups in total.